The summed E-state index contributed by atoms with van der Waals surface area (Å²) in [7, 11) is 1.38. The largest absolute Gasteiger partial charge is 0.483 e. The number of aryl methyl sites for hydroxylation is 1. The van der Waals surface area contributed by atoms with Crippen LogP contribution >= 0.6 is 0 Å². The first-order valence-electron chi connectivity index (χ1n) is 24.0. The molecule has 2 heterocycles. The Morgan fingerprint density at radius 1 is 0.811 bits per heavy atom. The van der Waals surface area contributed by atoms with Crippen LogP contribution in [-0.4, -0.2) is 181 Å². The number of carbonyl (C=O) groups excluding carboxylic acids is 10. The molecule has 0 radical (unpaired) electrons. The van der Waals surface area contributed by atoms with Gasteiger partial charge in [-0.15, -0.1) is 0 Å². The lowest BCUT2D eigenvalue weighted by Crippen LogP contribution is -2.54. The molecule has 74 heavy (non-hydrogen) atoms. The summed E-state index contributed by atoms with van der Waals surface area (Å²) in [6.07, 6.45) is 2.14. The van der Waals surface area contributed by atoms with E-state index in [4.69, 9.17) is 38.9 Å². The van der Waals surface area contributed by atoms with E-state index in [0.717, 1.165) is 22.0 Å². The molecule has 0 spiro atoms. The first kappa shape index (κ1) is 63.0. The molecular formula is C50H71N7O17. The smallest absolute Gasteiger partial charge is 0.266 e. The number of nitrogens with one attached hydrogen (secondary N) is 4. The van der Waals surface area contributed by atoms with E-state index in [9.17, 15) is 47.9 Å². The van der Waals surface area contributed by atoms with Crippen LogP contribution in [0.25, 0.3) is 0 Å². The van der Waals surface area contributed by atoms with Crippen LogP contribution in [0.3, 0.4) is 0 Å². The number of primary amides is 1. The predicted molar refractivity (Wildman–Crippen MR) is 266 cm³/mol. The van der Waals surface area contributed by atoms with Gasteiger partial charge in [-0.3, -0.25) is 58.3 Å². The van der Waals surface area contributed by atoms with Crippen LogP contribution < -0.4 is 36.5 Å². The van der Waals surface area contributed by atoms with Gasteiger partial charge in [-0.1, -0.05) is 45.0 Å². The molecule has 2 aromatic carbocycles. The highest BCUT2D eigenvalue weighted by Gasteiger charge is 2.44. The van der Waals surface area contributed by atoms with Crippen LogP contribution in [-0.2, 0) is 57.2 Å². The first-order valence-corrected chi connectivity index (χ1v) is 24.0. The predicted octanol–water partition coefficient (Wildman–Crippen LogP) is 0.757. The van der Waals surface area contributed by atoms with Gasteiger partial charge >= 0.3 is 0 Å². The van der Waals surface area contributed by atoms with Crippen molar-refractivity contribution in [1.29, 1.82) is 0 Å². The molecule has 1 saturated heterocycles. The number of rotatable bonds is 33. The molecule has 6 N–H and O–H groups in total. The number of allylic oxidation sites excluding steroid dienone is 1. The number of fused-ring (bicyclic) bond motifs is 1. The first-order chi connectivity index (χ1) is 35.6. The second-order valence-corrected chi connectivity index (χ2v) is 16.1. The molecule has 408 valence electrons. The van der Waals surface area contributed by atoms with Gasteiger partial charge < -0.3 is 59.6 Å². The molecule has 0 bridgehead atoms. The van der Waals surface area contributed by atoms with Crippen molar-refractivity contribution >= 4 is 60.0 Å². The number of nitrogens with zero attached hydrogens (tertiary/aromatic N) is 2. The number of benzene rings is 2. The Kier molecular flexibility index (Phi) is 30.6. The molecule has 2 aromatic rings. The molecule has 0 aliphatic carbocycles. The Hall–Kier alpha value is -7.12. The van der Waals surface area contributed by atoms with E-state index in [1.807, 2.05) is 6.92 Å². The van der Waals surface area contributed by atoms with Crippen LogP contribution in [0.2, 0.25) is 0 Å². The molecule has 0 saturated carbocycles. The molecule has 2 aliphatic rings. The van der Waals surface area contributed by atoms with E-state index >= 15 is 0 Å². The van der Waals surface area contributed by atoms with Crippen LogP contribution in [0.1, 0.15) is 89.5 Å². The maximum Gasteiger partial charge on any atom is 0.266 e. The summed E-state index contributed by atoms with van der Waals surface area (Å²) < 4.78 is 37.9. The fraction of sp³-hybridized carbons (Fsp3) is 0.520. The number of likely N-dealkylation sites (N-methyl/N-ethyl adjacent to an activating group) is 1. The maximum atomic E-state index is 13.2. The number of aldehydes is 1. The lowest BCUT2D eigenvalue weighted by Gasteiger charge is -2.29. The van der Waals surface area contributed by atoms with E-state index in [1.165, 1.54) is 37.7 Å². The Morgan fingerprint density at radius 2 is 1.35 bits per heavy atom. The SMILES string of the molecule is C=C(C)NCCOCCOCCOCCOCCOCCNC(=O)COc1cccc2c1C(=O)N(C(CCC=O)C(=O)NC)C2=O.CCC.Cc1cccc(OCC(N)=O)c1C(=O)N(C=O)C1CCC(=O)NC1=O. The second-order valence-electron chi connectivity index (χ2n) is 16.1. The molecule has 2 atom stereocenters. The van der Waals surface area contributed by atoms with Crippen LogP contribution in [0.15, 0.2) is 48.7 Å². The minimum atomic E-state index is -1.15. The molecule has 9 amide bonds. The summed E-state index contributed by atoms with van der Waals surface area (Å²) in [4.78, 5) is 122. The third-order valence-corrected chi connectivity index (χ3v) is 10.1. The monoisotopic (exact) mass is 1040 g/mol. The zero-order valence-electron chi connectivity index (χ0n) is 42.8. The zero-order chi connectivity index (χ0) is 54.8. The third kappa shape index (κ3) is 21.9. The van der Waals surface area contributed by atoms with Crippen LogP contribution in [0.4, 0.5) is 0 Å². The van der Waals surface area contributed by atoms with Crippen molar-refractivity contribution in [2.24, 2.45) is 5.73 Å². The molecule has 24 heteroatoms. The Balaban J connectivity index is 0.000000559. The summed E-state index contributed by atoms with van der Waals surface area (Å²) in [5.74, 6) is -4.98. The van der Waals surface area contributed by atoms with Crippen LogP contribution in [0, 0.1) is 6.92 Å². The molecular weight excluding hydrogens is 971 g/mol. The number of imide groups is 3. The molecule has 0 aromatic heterocycles. The van der Waals surface area contributed by atoms with E-state index in [-0.39, 0.29) is 73.4 Å². The average Bonchev–Trinajstić information content (AvgIpc) is 3.62. The highest BCUT2D eigenvalue weighted by molar-refractivity contribution is 6.24. The van der Waals surface area contributed by atoms with Gasteiger partial charge in [0, 0.05) is 38.7 Å². The van der Waals surface area contributed by atoms with Gasteiger partial charge in [0.1, 0.15) is 29.9 Å². The minimum absolute atomic E-state index is 0.00948. The van der Waals surface area contributed by atoms with Crippen molar-refractivity contribution in [3.05, 3.63) is 70.9 Å². The van der Waals surface area contributed by atoms with E-state index in [1.54, 1.807) is 19.1 Å². The Bertz CT molecular complexity index is 2210. The minimum Gasteiger partial charge on any atom is -0.483 e. The van der Waals surface area contributed by atoms with Gasteiger partial charge in [0.15, 0.2) is 13.2 Å². The fourth-order valence-electron chi connectivity index (χ4n) is 6.74. The van der Waals surface area contributed by atoms with Crippen molar-refractivity contribution < 1.29 is 81.1 Å². The Morgan fingerprint density at radius 3 is 1.88 bits per heavy atom. The van der Waals surface area contributed by atoms with Crippen molar-refractivity contribution in [2.75, 3.05) is 99.4 Å². The third-order valence-electron chi connectivity index (χ3n) is 10.1. The highest BCUT2D eigenvalue weighted by atomic mass is 16.6. The fourth-order valence-corrected chi connectivity index (χ4v) is 6.74. The number of hydrogen-bond acceptors (Lipinski definition) is 18. The summed E-state index contributed by atoms with van der Waals surface area (Å²) in [5, 5.41) is 10.2. The van der Waals surface area contributed by atoms with Crippen LogP contribution in [0.5, 0.6) is 11.5 Å². The number of nitrogens with two attached hydrogens (primary N) is 1. The standard InChI is InChI=1S/C31H46N4O11.C16H17N3O6.C3H8/c1-23(2)33-9-12-41-14-16-43-18-20-45-21-19-44-17-15-42-13-10-34-27(37)22-46-26-8-4-6-24-28(26)31(40)35(30(24)39)25(7-5-11-36)29(38)32-3;1-9-3-2-4-11(25-7-12(17)21)14(9)16(24)19(8-20)10-5-6-13(22)18-15(10)23;1-3-2/h4,6,8,11,25,33H,1,5,7,9-10,12-22H2,2-3H3,(H,32,38)(H,34,37);2-4,8,10H,5-7H2,1H3,(H2,17,21)(H,18,22,23);3H2,1-2H3. The topological polar surface area (TPSA) is 316 Å². The number of hydrogen-bond donors (Lipinski definition) is 5. The molecule has 2 unspecified atom stereocenters. The summed E-state index contributed by atoms with van der Waals surface area (Å²) in [6, 6.07) is 6.87. The van der Waals surface area contributed by atoms with E-state index in [2.05, 4.69) is 41.7 Å². The summed E-state index contributed by atoms with van der Waals surface area (Å²) >= 11 is 0. The van der Waals surface area contributed by atoms with Gasteiger partial charge in [-0.05, 0) is 50.5 Å². The van der Waals surface area contributed by atoms with Gasteiger partial charge in [0.25, 0.3) is 29.5 Å². The Labute approximate surface area is 430 Å². The van der Waals surface area contributed by atoms with E-state index in [0.29, 0.717) is 71.3 Å². The normalized spacial score (nSPS) is 13.9. The maximum absolute atomic E-state index is 13.2. The lowest BCUT2D eigenvalue weighted by atomic mass is 10.0. The van der Waals surface area contributed by atoms with Gasteiger partial charge in [-0.2, -0.15) is 0 Å². The zero-order valence-corrected chi connectivity index (χ0v) is 42.8. The van der Waals surface area contributed by atoms with Crippen molar-refractivity contribution in [2.45, 2.75) is 71.9 Å². The number of amides is 9. The van der Waals surface area contributed by atoms with Crippen molar-refractivity contribution in [3.8, 4) is 11.5 Å². The van der Waals surface area contributed by atoms with Gasteiger partial charge in [0.05, 0.1) is 82.8 Å². The quantitative estimate of drug-likeness (QED) is 0.0374. The molecule has 2 aliphatic heterocycles. The summed E-state index contributed by atoms with van der Waals surface area (Å²) in [6.45, 7) is 16.0. The molecule has 4 rings (SSSR count). The van der Waals surface area contributed by atoms with Gasteiger partial charge in [0.2, 0.25) is 24.1 Å². The number of ether oxygens (including phenoxy) is 7. The van der Waals surface area contributed by atoms with E-state index < -0.39 is 72.6 Å². The molecule has 24 nitrogen and oxygen atoms in total. The van der Waals surface area contributed by atoms with Crippen molar-refractivity contribution in [3.63, 3.8) is 0 Å². The lowest BCUT2D eigenvalue weighted by molar-refractivity contribution is -0.139. The molecule has 1 fully saturated rings. The van der Waals surface area contributed by atoms with Crippen molar-refractivity contribution in [1.82, 2.24) is 31.1 Å². The second kappa shape index (κ2) is 35.9. The number of carbonyl (C=O) groups is 10. The average molecular weight is 1040 g/mol. The highest BCUT2D eigenvalue weighted by Crippen LogP contribution is 2.33. The van der Waals surface area contributed by atoms with Gasteiger partial charge in [-0.25, -0.2) is 0 Å². The summed E-state index contributed by atoms with van der Waals surface area (Å²) in [5.41, 5.74) is 6.50. The number of piperidine rings is 1.